The maximum Gasteiger partial charge on any atom is 0.337 e. The van der Waals surface area contributed by atoms with Crippen molar-refractivity contribution in [3.63, 3.8) is 0 Å². The van der Waals surface area contributed by atoms with Crippen LogP contribution in [0.5, 0.6) is 0 Å². The number of hydrogen-bond acceptors (Lipinski definition) is 6. The van der Waals surface area contributed by atoms with Crippen LogP contribution in [0.2, 0.25) is 0 Å². The molecule has 0 saturated heterocycles. The van der Waals surface area contributed by atoms with Crippen LogP contribution in [0.15, 0.2) is 37.0 Å². The fraction of sp³-hybridized carbons (Fsp3) is 0.400. The van der Waals surface area contributed by atoms with Crippen LogP contribution in [-0.4, -0.2) is 36.9 Å². The lowest BCUT2D eigenvalue weighted by Crippen LogP contribution is -2.06. The number of unbranched alkanes of at least 4 members (excludes halogenated alkanes) is 1. The van der Waals surface area contributed by atoms with Gasteiger partial charge in [0.05, 0.1) is 24.9 Å². The SMILES string of the molecule is C=C(C=CC#N)C(=O)OCCCC.C=CC(=O)OCCO. The predicted molar refractivity (Wildman–Crippen MR) is 78.0 cm³/mol. The molecule has 1 N–H and O–H groups in total. The second-order valence-corrected chi connectivity index (χ2v) is 3.57. The van der Waals surface area contributed by atoms with E-state index in [0.29, 0.717) is 6.61 Å². The number of ether oxygens (including phenoxy) is 2. The molecule has 0 radical (unpaired) electrons. The molecule has 116 valence electrons. The number of carbonyl (C=O) groups is 2. The summed E-state index contributed by atoms with van der Waals surface area (Å²) in [4.78, 5) is 21.2. The largest absolute Gasteiger partial charge is 0.462 e. The van der Waals surface area contributed by atoms with Gasteiger partial charge in [0.1, 0.15) is 6.61 Å². The van der Waals surface area contributed by atoms with Gasteiger partial charge in [0.15, 0.2) is 0 Å². The van der Waals surface area contributed by atoms with Crippen LogP contribution >= 0.6 is 0 Å². The van der Waals surface area contributed by atoms with E-state index in [-0.39, 0.29) is 18.8 Å². The van der Waals surface area contributed by atoms with E-state index in [2.05, 4.69) is 17.9 Å². The third kappa shape index (κ3) is 15.6. The van der Waals surface area contributed by atoms with E-state index in [1.165, 1.54) is 12.2 Å². The van der Waals surface area contributed by atoms with Crippen LogP contribution < -0.4 is 0 Å². The molecule has 6 heteroatoms. The van der Waals surface area contributed by atoms with Crippen molar-refractivity contribution in [2.45, 2.75) is 19.8 Å². The van der Waals surface area contributed by atoms with Crippen LogP contribution in [0.4, 0.5) is 0 Å². The van der Waals surface area contributed by atoms with E-state index in [1.807, 2.05) is 6.92 Å². The van der Waals surface area contributed by atoms with Gasteiger partial charge in [-0.15, -0.1) is 0 Å². The van der Waals surface area contributed by atoms with Gasteiger partial charge in [0, 0.05) is 12.2 Å². The molecule has 0 unspecified atom stereocenters. The van der Waals surface area contributed by atoms with E-state index in [9.17, 15) is 9.59 Å². The topological polar surface area (TPSA) is 96.6 Å². The lowest BCUT2D eigenvalue weighted by atomic mass is 10.3. The molecule has 0 aromatic heterocycles. The molecule has 0 bridgehead atoms. The van der Waals surface area contributed by atoms with Crippen molar-refractivity contribution in [2.75, 3.05) is 19.8 Å². The molecule has 0 aliphatic rings. The number of aliphatic hydroxyl groups is 1. The Balaban J connectivity index is 0. The number of esters is 2. The van der Waals surface area contributed by atoms with Crippen LogP contribution in [-0.2, 0) is 19.1 Å². The minimum atomic E-state index is -0.501. The van der Waals surface area contributed by atoms with Crippen molar-refractivity contribution in [2.24, 2.45) is 0 Å². The Bertz CT molecular complexity index is 407. The zero-order valence-corrected chi connectivity index (χ0v) is 12.2. The summed E-state index contributed by atoms with van der Waals surface area (Å²) >= 11 is 0. The molecule has 0 aliphatic carbocycles. The molecule has 0 spiro atoms. The van der Waals surface area contributed by atoms with Crippen LogP contribution in [0.1, 0.15) is 19.8 Å². The Morgan fingerprint density at radius 1 is 1.33 bits per heavy atom. The molecule has 0 aromatic rings. The molecule has 0 fully saturated rings. The zero-order valence-electron chi connectivity index (χ0n) is 12.2. The average molecular weight is 295 g/mol. The molecule has 0 saturated carbocycles. The minimum Gasteiger partial charge on any atom is -0.462 e. The summed E-state index contributed by atoms with van der Waals surface area (Å²) in [5, 5.41) is 16.3. The highest BCUT2D eigenvalue weighted by Gasteiger charge is 2.03. The van der Waals surface area contributed by atoms with Gasteiger partial charge in [-0.2, -0.15) is 5.26 Å². The number of allylic oxidation sites excluding steroid dienone is 1. The van der Waals surface area contributed by atoms with Gasteiger partial charge in [-0.3, -0.25) is 0 Å². The van der Waals surface area contributed by atoms with Crippen LogP contribution in [0.3, 0.4) is 0 Å². The monoisotopic (exact) mass is 295 g/mol. The molecule has 21 heavy (non-hydrogen) atoms. The fourth-order valence-electron chi connectivity index (χ4n) is 0.813. The Morgan fingerprint density at radius 2 is 2.00 bits per heavy atom. The quantitative estimate of drug-likeness (QED) is 0.240. The fourth-order valence-corrected chi connectivity index (χ4v) is 0.813. The van der Waals surface area contributed by atoms with Crippen LogP contribution in [0, 0.1) is 11.3 Å². The summed E-state index contributed by atoms with van der Waals surface area (Å²) in [5.41, 5.74) is 0.206. The summed E-state index contributed by atoms with van der Waals surface area (Å²) in [7, 11) is 0. The first kappa shape index (κ1) is 20.9. The normalized spacial score (nSPS) is 9.00. The maximum absolute atomic E-state index is 11.0. The van der Waals surface area contributed by atoms with Gasteiger partial charge in [-0.25, -0.2) is 9.59 Å². The van der Waals surface area contributed by atoms with Gasteiger partial charge >= 0.3 is 11.9 Å². The molecule has 0 heterocycles. The predicted octanol–water partition coefficient (Wildman–Crippen LogP) is 1.67. The number of nitrogens with zero attached hydrogens (tertiary/aromatic N) is 1. The lowest BCUT2D eigenvalue weighted by molar-refractivity contribution is -0.139. The summed E-state index contributed by atoms with van der Waals surface area (Å²) in [6.45, 7) is 8.95. The van der Waals surface area contributed by atoms with Crippen LogP contribution in [0.25, 0.3) is 0 Å². The highest BCUT2D eigenvalue weighted by molar-refractivity contribution is 5.90. The molecule has 0 amide bonds. The first-order valence-electron chi connectivity index (χ1n) is 6.35. The van der Waals surface area contributed by atoms with Gasteiger partial charge in [0.25, 0.3) is 0 Å². The number of carbonyl (C=O) groups excluding carboxylic acids is 2. The van der Waals surface area contributed by atoms with E-state index < -0.39 is 11.9 Å². The number of nitriles is 1. The summed E-state index contributed by atoms with van der Waals surface area (Å²) in [6.07, 6.45) is 5.42. The third-order valence-electron chi connectivity index (χ3n) is 1.85. The van der Waals surface area contributed by atoms with Crippen molar-refractivity contribution >= 4 is 11.9 Å². The molecule has 0 rings (SSSR count). The molecule has 0 aliphatic heterocycles. The first-order chi connectivity index (χ1) is 10.0. The Labute approximate surface area is 125 Å². The third-order valence-corrected chi connectivity index (χ3v) is 1.85. The van der Waals surface area contributed by atoms with Gasteiger partial charge < -0.3 is 14.6 Å². The van der Waals surface area contributed by atoms with E-state index in [4.69, 9.17) is 15.1 Å². The highest BCUT2D eigenvalue weighted by atomic mass is 16.5. The van der Waals surface area contributed by atoms with E-state index in [1.54, 1.807) is 6.07 Å². The molecular weight excluding hydrogens is 274 g/mol. The second kappa shape index (κ2) is 15.7. The van der Waals surface area contributed by atoms with Crippen molar-refractivity contribution in [3.05, 3.63) is 37.0 Å². The minimum absolute atomic E-state index is 0.0465. The molecule has 0 atom stereocenters. The Morgan fingerprint density at radius 3 is 2.48 bits per heavy atom. The van der Waals surface area contributed by atoms with Gasteiger partial charge in [-0.1, -0.05) is 26.5 Å². The maximum atomic E-state index is 11.0. The standard InChI is InChI=1S/C10H13NO2.C5H8O3/c1-3-4-8-13-10(12)9(2)6-5-7-11;1-2-5(7)8-4-3-6/h5-6H,2-4,8H2,1H3;2,6H,1,3-4H2. The summed E-state index contributed by atoms with van der Waals surface area (Å²) in [6, 6.07) is 1.77. The second-order valence-electron chi connectivity index (χ2n) is 3.57. The van der Waals surface area contributed by atoms with Gasteiger partial charge in [-0.05, 0) is 12.5 Å². The summed E-state index contributed by atoms with van der Waals surface area (Å²) in [5.74, 6) is -0.959. The average Bonchev–Trinajstić information content (AvgIpc) is 2.50. The van der Waals surface area contributed by atoms with Crippen molar-refractivity contribution in [3.8, 4) is 6.07 Å². The molecule has 0 aromatic carbocycles. The van der Waals surface area contributed by atoms with Crippen molar-refractivity contribution < 1.29 is 24.2 Å². The van der Waals surface area contributed by atoms with Gasteiger partial charge in [0.2, 0.25) is 0 Å². The van der Waals surface area contributed by atoms with E-state index in [0.717, 1.165) is 18.9 Å². The lowest BCUT2D eigenvalue weighted by Gasteiger charge is -2.01. The number of rotatable bonds is 8. The zero-order chi connectivity index (χ0) is 16.5. The smallest absolute Gasteiger partial charge is 0.337 e. The van der Waals surface area contributed by atoms with Crippen molar-refractivity contribution in [1.29, 1.82) is 5.26 Å². The summed E-state index contributed by atoms with van der Waals surface area (Å²) < 4.78 is 9.18. The molecule has 6 nitrogen and oxygen atoms in total. The highest BCUT2D eigenvalue weighted by Crippen LogP contribution is 1.98. The Kier molecular flexibility index (Phi) is 15.6. The van der Waals surface area contributed by atoms with Crippen molar-refractivity contribution in [1.82, 2.24) is 0 Å². The van der Waals surface area contributed by atoms with E-state index >= 15 is 0 Å². The first-order valence-corrected chi connectivity index (χ1v) is 6.35. The number of hydrogen-bond donors (Lipinski definition) is 1. The molecular formula is C15H21NO5. The Hall–Kier alpha value is -2.39. The number of aliphatic hydroxyl groups excluding tert-OH is 1.